The van der Waals surface area contributed by atoms with Gasteiger partial charge in [-0.15, -0.1) is 0 Å². The molecule has 4 amide bonds. The number of amides is 4. The Kier molecular flexibility index (Phi) is 6.98. The fraction of sp³-hybridized carbons (Fsp3) is 0.739. The number of allylic oxidation sites excluding steroid dienone is 2. The van der Waals surface area contributed by atoms with Crippen molar-refractivity contribution >= 4 is 23.6 Å². The van der Waals surface area contributed by atoms with Crippen LogP contribution < -0.4 is 5.32 Å². The molecule has 4 atom stereocenters. The largest absolute Gasteiger partial charge is 0.351 e. The number of fused-ring (bicyclic) bond motifs is 1. The molecule has 0 spiro atoms. The number of nitrogens with one attached hydrogen (secondary N) is 1. The van der Waals surface area contributed by atoms with E-state index in [-0.39, 0.29) is 53.3 Å². The second-order valence-corrected chi connectivity index (χ2v) is 9.63. The summed E-state index contributed by atoms with van der Waals surface area (Å²) in [5.74, 6) is -1.18. The van der Waals surface area contributed by atoms with E-state index < -0.39 is 6.04 Å². The van der Waals surface area contributed by atoms with Gasteiger partial charge in [-0.1, -0.05) is 39.8 Å². The molecule has 30 heavy (non-hydrogen) atoms. The molecule has 0 radical (unpaired) electrons. The van der Waals surface area contributed by atoms with E-state index >= 15 is 0 Å². The maximum atomic E-state index is 13.5. The van der Waals surface area contributed by atoms with Gasteiger partial charge in [0, 0.05) is 25.0 Å². The van der Waals surface area contributed by atoms with Crippen molar-refractivity contribution in [3.05, 3.63) is 12.2 Å². The highest BCUT2D eigenvalue weighted by Crippen LogP contribution is 2.37. The van der Waals surface area contributed by atoms with Crippen LogP contribution in [0.15, 0.2) is 12.2 Å². The lowest BCUT2D eigenvalue weighted by atomic mass is 9.85. The Morgan fingerprint density at radius 1 is 1.07 bits per heavy atom. The first-order valence-electron chi connectivity index (χ1n) is 11.3. The lowest BCUT2D eigenvalue weighted by Crippen LogP contribution is -2.56. The van der Waals surface area contributed by atoms with E-state index in [0.717, 1.165) is 12.8 Å². The van der Waals surface area contributed by atoms with Crippen LogP contribution in [-0.4, -0.2) is 58.6 Å². The number of carbonyl (C=O) groups is 4. The van der Waals surface area contributed by atoms with Crippen LogP contribution >= 0.6 is 0 Å². The standard InChI is InChI=1S/C23H35N3O4/c1-14(2)12-19(26-21(28)17-9-5-6-10-18(17)22(26)29)23(30)25-11-7-8-16(13-25)24-20(27)15(3)4/h5-6,14-19H,7-13H2,1-4H3,(H,24,27). The maximum Gasteiger partial charge on any atom is 0.245 e. The van der Waals surface area contributed by atoms with Gasteiger partial charge in [0.2, 0.25) is 23.6 Å². The Bertz CT molecular complexity index is 704. The van der Waals surface area contributed by atoms with Gasteiger partial charge in [-0.2, -0.15) is 0 Å². The van der Waals surface area contributed by atoms with Crippen LogP contribution in [0.25, 0.3) is 0 Å². The van der Waals surface area contributed by atoms with Gasteiger partial charge < -0.3 is 10.2 Å². The minimum absolute atomic E-state index is 0.0190. The third-order valence-electron chi connectivity index (χ3n) is 6.44. The Morgan fingerprint density at radius 2 is 1.67 bits per heavy atom. The summed E-state index contributed by atoms with van der Waals surface area (Å²) in [4.78, 5) is 54.8. The van der Waals surface area contributed by atoms with E-state index in [1.54, 1.807) is 4.90 Å². The first-order chi connectivity index (χ1) is 14.2. The van der Waals surface area contributed by atoms with Crippen molar-refractivity contribution in [2.45, 2.75) is 71.9 Å². The molecule has 7 heteroatoms. The quantitative estimate of drug-likeness (QED) is 0.530. The number of hydrogen-bond donors (Lipinski definition) is 1. The minimum Gasteiger partial charge on any atom is -0.351 e. The van der Waals surface area contributed by atoms with Gasteiger partial charge in [0.25, 0.3) is 0 Å². The molecule has 3 rings (SSSR count). The van der Waals surface area contributed by atoms with Crippen LogP contribution in [0.1, 0.15) is 59.8 Å². The highest BCUT2D eigenvalue weighted by Gasteiger charge is 2.51. The zero-order valence-corrected chi connectivity index (χ0v) is 18.6. The van der Waals surface area contributed by atoms with E-state index in [4.69, 9.17) is 0 Å². The summed E-state index contributed by atoms with van der Waals surface area (Å²) >= 11 is 0. The molecule has 2 heterocycles. The Hall–Kier alpha value is -2.18. The summed E-state index contributed by atoms with van der Waals surface area (Å²) in [6.07, 6.45) is 7.14. The summed E-state index contributed by atoms with van der Waals surface area (Å²) in [6, 6.07) is -0.843. The molecule has 1 aliphatic carbocycles. The summed E-state index contributed by atoms with van der Waals surface area (Å²) in [7, 11) is 0. The molecule has 2 aliphatic heterocycles. The fourth-order valence-corrected chi connectivity index (χ4v) is 4.77. The topological polar surface area (TPSA) is 86.8 Å². The molecule has 3 aliphatic rings. The number of rotatable bonds is 6. The average molecular weight is 418 g/mol. The molecule has 7 nitrogen and oxygen atoms in total. The van der Waals surface area contributed by atoms with Crippen LogP contribution in [0.2, 0.25) is 0 Å². The van der Waals surface area contributed by atoms with Crippen molar-refractivity contribution in [3.63, 3.8) is 0 Å². The van der Waals surface area contributed by atoms with Gasteiger partial charge in [-0.3, -0.25) is 24.1 Å². The van der Waals surface area contributed by atoms with E-state index in [0.29, 0.717) is 32.4 Å². The molecule has 0 aromatic heterocycles. The summed E-state index contributed by atoms with van der Waals surface area (Å²) in [5, 5.41) is 3.02. The normalized spacial score (nSPS) is 27.6. The number of hydrogen-bond acceptors (Lipinski definition) is 4. The number of nitrogens with zero attached hydrogens (tertiary/aromatic N) is 2. The van der Waals surface area contributed by atoms with Gasteiger partial charge in [-0.25, -0.2) is 0 Å². The maximum absolute atomic E-state index is 13.5. The monoisotopic (exact) mass is 417 g/mol. The summed E-state index contributed by atoms with van der Waals surface area (Å²) in [5.41, 5.74) is 0. The highest BCUT2D eigenvalue weighted by atomic mass is 16.2. The zero-order valence-electron chi connectivity index (χ0n) is 18.6. The SMILES string of the molecule is CC(C)CC(C(=O)N1CCCC(NC(=O)C(C)C)C1)N1C(=O)C2CC=CCC2C1=O. The van der Waals surface area contributed by atoms with Crippen LogP contribution in [0.3, 0.4) is 0 Å². The van der Waals surface area contributed by atoms with E-state index in [2.05, 4.69) is 5.32 Å². The third kappa shape index (κ3) is 4.60. The number of likely N-dealkylation sites (tertiary alicyclic amines) is 2. The molecule has 0 aromatic rings. The molecule has 166 valence electrons. The van der Waals surface area contributed by atoms with Crippen molar-refractivity contribution < 1.29 is 19.2 Å². The lowest BCUT2D eigenvalue weighted by molar-refractivity contribution is -0.153. The first-order valence-corrected chi connectivity index (χ1v) is 11.3. The predicted molar refractivity (Wildman–Crippen MR) is 113 cm³/mol. The molecule has 2 saturated heterocycles. The smallest absolute Gasteiger partial charge is 0.245 e. The van der Waals surface area contributed by atoms with Gasteiger partial charge in [0.1, 0.15) is 6.04 Å². The van der Waals surface area contributed by atoms with E-state index in [1.165, 1.54) is 4.90 Å². The van der Waals surface area contributed by atoms with Crippen LogP contribution in [-0.2, 0) is 19.2 Å². The van der Waals surface area contributed by atoms with Crippen LogP contribution in [0, 0.1) is 23.7 Å². The molecule has 2 fully saturated rings. The molecule has 1 N–H and O–H groups in total. The van der Waals surface area contributed by atoms with Crippen molar-refractivity contribution in [1.29, 1.82) is 0 Å². The van der Waals surface area contributed by atoms with Crippen molar-refractivity contribution in [3.8, 4) is 0 Å². The molecule has 4 unspecified atom stereocenters. The Morgan fingerprint density at radius 3 is 2.20 bits per heavy atom. The Labute approximate surface area is 179 Å². The van der Waals surface area contributed by atoms with Crippen LogP contribution in [0.5, 0.6) is 0 Å². The Balaban J connectivity index is 1.76. The number of carbonyl (C=O) groups excluding carboxylic acids is 4. The van der Waals surface area contributed by atoms with Crippen molar-refractivity contribution in [1.82, 2.24) is 15.1 Å². The molecular weight excluding hydrogens is 382 g/mol. The van der Waals surface area contributed by atoms with Crippen LogP contribution in [0.4, 0.5) is 0 Å². The minimum atomic E-state index is -0.754. The molecule has 0 aromatic carbocycles. The van der Waals surface area contributed by atoms with E-state index in [9.17, 15) is 19.2 Å². The van der Waals surface area contributed by atoms with Crippen molar-refractivity contribution in [2.24, 2.45) is 23.7 Å². The predicted octanol–water partition coefficient (Wildman–Crippen LogP) is 2.12. The van der Waals surface area contributed by atoms with Gasteiger partial charge in [0.05, 0.1) is 11.8 Å². The number of imide groups is 1. The molecule has 0 bridgehead atoms. The fourth-order valence-electron chi connectivity index (χ4n) is 4.77. The van der Waals surface area contributed by atoms with Crippen molar-refractivity contribution in [2.75, 3.05) is 13.1 Å². The molecular formula is C23H35N3O4. The van der Waals surface area contributed by atoms with Gasteiger partial charge in [-0.05, 0) is 38.0 Å². The molecule has 0 saturated carbocycles. The van der Waals surface area contributed by atoms with E-state index in [1.807, 2.05) is 39.8 Å². The second kappa shape index (κ2) is 9.31. The first kappa shape index (κ1) is 22.5. The van der Waals surface area contributed by atoms with Gasteiger partial charge in [0.15, 0.2) is 0 Å². The van der Waals surface area contributed by atoms with Gasteiger partial charge >= 0.3 is 0 Å². The lowest BCUT2D eigenvalue weighted by Gasteiger charge is -2.37. The highest BCUT2D eigenvalue weighted by molar-refractivity contribution is 6.08. The number of piperidine rings is 1. The second-order valence-electron chi connectivity index (χ2n) is 9.63. The average Bonchev–Trinajstić information content (AvgIpc) is 2.96. The third-order valence-corrected chi connectivity index (χ3v) is 6.44. The zero-order chi connectivity index (χ0) is 22.0. The summed E-state index contributed by atoms with van der Waals surface area (Å²) < 4.78 is 0. The summed E-state index contributed by atoms with van der Waals surface area (Å²) in [6.45, 7) is 8.71.